The third kappa shape index (κ3) is 3.52. The summed E-state index contributed by atoms with van der Waals surface area (Å²) in [6, 6.07) is 10.2. The molecule has 0 saturated heterocycles. The second kappa shape index (κ2) is 8.02. The number of thioether (sulfide) groups is 1. The fourth-order valence-corrected chi connectivity index (χ4v) is 4.18. The number of benzene rings is 2. The summed E-state index contributed by atoms with van der Waals surface area (Å²) >= 11 is 1.43. The third-order valence-corrected chi connectivity index (χ3v) is 5.54. The summed E-state index contributed by atoms with van der Waals surface area (Å²) in [7, 11) is 0. The molecule has 2 aromatic carbocycles. The van der Waals surface area contributed by atoms with E-state index in [1.54, 1.807) is 18.2 Å². The van der Waals surface area contributed by atoms with Gasteiger partial charge in [0.25, 0.3) is 0 Å². The predicted octanol–water partition coefficient (Wildman–Crippen LogP) is 4.85. The highest BCUT2D eigenvalue weighted by molar-refractivity contribution is 7.99. The summed E-state index contributed by atoms with van der Waals surface area (Å²) in [5.74, 6) is 0.254. The molecule has 1 amide bonds. The summed E-state index contributed by atoms with van der Waals surface area (Å²) in [4.78, 5) is 18.8. The number of ether oxygens (including phenoxy) is 1. The number of carbonyl (C=O) groups is 1. The number of anilines is 1. The van der Waals surface area contributed by atoms with Gasteiger partial charge in [0.15, 0.2) is 5.69 Å². The van der Waals surface area contributed by atoms with Crippen molar-refractivity contribution in [2.24, 2.45) is 0 Å². The van der Waals surface area contributed by atoms with Crippen LogP contribution in [0.2, 0.25) is 0 Å². The molecule has 8 heteroatoms. The number of aromatic nitrogens is 3. The van der Waals surface area contributed by atoms with Gasteiger partial charge in [0.1, 0.15) is 5.82 Å². The van der Waals surface area contributed by atoms with Crippen molar-refractivity contribution in [2.45, 2.75) is 39.1 Å². The highest BCUT2D eigenvalue weighted by Gasteiger charge is 2.37. The maximum absolute atomic E-state index is 14.8. The van der Waals surface area contributed by atoms with Gasteiger partial charge in [-0.05, 0) is 37.3 Å². The lowest BCUT2D eigenvalue weighted by molar-refractivity contribution is -0.118. The average molecular weight is 425 g/mol. The van der Waals surface area contributed by atoms with Gasteiger partial charge in [-0.1, -0.05) is 48.5 Å². The highest BCUT2D eigenvalue weighted by Crippen LogP contribution is 2.45. The van der Waals surface area contributed by atoms with Crippen LogP contribution in [0.15, 0.2) is 41.6 Å². The fourth-order valence-electron chi connectivity index (χ4n) is 3.68. The predicted molar refractivity (Wildman–Crippen MR) is 114 cm³/mol. The number of halogens is 1. The molecule has 30 heavy (non-hydrogen) atoms. The monoisotopic (exact) mass is 424 g/mol. The van der Waals surface area contributed by atoms with E-state index in [9.17, 15) is 9.18 Å². The Balaban J connectivity index is 2.04. The number of hydrogen-bond donors (Lipinski definition) is 0. The van der Waals surface area contributed by atoms with Gasteiger partial charge >= 0.3 is 0 Å². The number of nitrogens with zero attached hydrogens (tertiary/aromatic N) is 4. The van der Waals surface area contributed by atoms with Crippen LogP contribution in [0.1, 0.15) is 36.8 Å². The van der Waals surface area contributed by atoms with Crippen LogP contribution in [-0.4, -0.2) is 26.8 Å². The van der Waals surface area contributed by atoms with E-state index in [4.69, 9.17) is 4.74 Å². The van der Waals surface area contributed by atoms with Crippen molar-refractivity contribution in [3.05, 3.63) is 58.9 Å². The van der Waals surface area contributed by atoms with Gasteiger partial charge in [0, 0.05) is 18.1 Å². The number of fused-ring (bicyclic) bond motifs is 3. The van der Waals surface area contributed by atoms with Crippen LogP contribution in [-0.2, 0) is 4.79 Å². The molecule has 1 aromatic heterocycles. The van der Waals surface area contributed by atoms with Crippen molar-refractivity contribution < 1.29 is 13.9 Å². The van der Waals surface area contributed by atoms with Crippen LogP contribution in [0.3, 0.4) is 0 Å². The van der Waals surface area contributed by atoms with Gasteiger partial charge in [0.05, 0.1) is 5.69 Å². The van der Waals surface area contributed by atoms with Crippen molar-refractivity contribution in [3.8, 4) is 17.1 Å². The molecule has 0 aliphatic carbocycles. The zero-order chi connectivity index (χ0) is 21.4. The molecule has 1 aliphatic rings. The second-order valence-corrected chi connectivity index (χ2v) is 8.27. The Morgan fingerprint density at radius 1 is 1.23 bits per heavy atom. The molecule has 4 rings (SSSR count). The van der Waals surface area contributed by atoms with E-state index >= 15 is 0 Å². The molecule has 0 spiro atoms. The van der Waals surface area contributed by atoms with E-state index < -0.39 is 12.0 Å². The van der Waals surface area contributed by atoms with Crippen molar-refractivity contribution >= 4 is 23.4 Å². The Bertz CT molecular complexity index is 1140. The molecule has 1 atom stereocenters. The van der Waals surface area contributed by atoms with Gasteiger partial charge in [-0.2, -0.15) is 4.98 Å². The Hall–Kier alpha value is -3.00. The Labute approximate surface area is 178 Å². The molecular weight excluding hydrogens is 403 g/mol. The van der Waals surface area contributed by atoms with Crippen molar-refractivity contribution in [3.63, 3.8) is 0 Å². The van der Waals surface area contributed by atoms with Crippen molar-refractivity contribution in [1.29, 1.82) is 0 Å². The van der Waals surface area contributed by atoms with Gasteiger partial charge < -0.3 is 4.74 Å². The van der Waals surface area contributed by atoms with E-state index in [1.165, 1.54) is 29.7 Å². The smallest absolute Gasteiger partial charge is 0.247 e. The summed E-state index contributed by atoms with van der Waals surface area (Å²) in [6.45, 7) is 7.30. The fraction of sp³-hybridized carbons (Fsp3) is 0.273. The van der Waals surface area contributed by atoms with Crippen LogP contribution in [0, 0.1) is 19.7 Å². The minimum atomic E-state index is -1.03. The van der Waals surface area contributed by atoms with Crippen LogP contribution >= 0.6 is 11.8 Å². The minimum absolute atomic E-state index is 0.226. The van der Waals surface area contributed by atoms with Crippen LogP contribution in [0.25, 0.3) is 11.3 Å². The molecule has 3 aromatic rings. The average Bonchev–Trinajstić information content (AvgIpc) is 2.83. The molecule has 0 saturated carbocycles. The molecule has 1 aliphatic heterocycles. The largest absolute Gasteiger partial charge is 0.447 e. The molecule has 0 radical (unpaired) electrons. The van der Waals surface area contributed by atoms with Crippen molar-refractivity contribution in [2.75, 3.05) is 10.7 Å². The summed E-state index contributed by atoms with van der Waals surface area (Å²) in [5, 5.41) is 9.05. The lowest BCUT2D eigenvalue weighted by atomic mass is 10.00. The van der Waals surface area contributed by atoms with Gasteiger partial charge in [-0.3, -0.25) is 9.69 Å². The SMILES string of the molecule is CCSc1nnc2c(n1)O[C@@H](c1ccccc1F)N(C(C)=O)c1c(C)cc(C)cc1-2. The van der Waals surface area contributed by atoms with E-state index in [-0.39, 0.29) is 17.4 Å². The standard InChI is InChI=1S/C22H21FN4O2S/c1-5-30-22-24-20-18(25-26-22)16-11-12(2)10-13(3)19(16)27(14(4)28)21(29-20)15-8-6-7-9-17(15)23/h6-11,21H,5H2,1-4H3/t21-/m0/s1. The van der Waals surface area contributed by atoms with Crippen LogP contribution in [0.4, 0.5) is 10.1 Å². The molecule has 0 N–H and O–H groups in total. The molecule has 154 valence electrons. The first-order chi connectivity index (χ1) is 14.4. The number of amides is 1. The lowest BCUT2D eigenvalue weighted by Crippen LogP contribution is -2.37. The Kier molecular flexibility index (Phi) is 5.42. The first-order valence-electron chi connectivity index (χ1n) is 9.60. The number of carbonyl (C=O) groups excluding carboxylic acids is 1. The van der Waals surface area contributed by atoms with Gasteiger partial charge in [0.2, 0.25) is 23.2 Å². The van der Waals surface area contributed by atoms with E-state index in [0.29, 0.717) is 22.1 Å². The molecular formula is C22H21FN4O2S. The summed E-state index contributed by atoms with van der Waals surface area (Å²) in [6.07, 6.45) is -1.03. The van der Waals surface area contributed by atoms with Crippen LogP contribution in [0.5, 0.6) is 5.88 Å². The van der Waals surface area contributed by atoms with Gasteiger partial charge in [-0.15, -0.1) is 10.2 Å². The third-order valence-electron chi connectivity index (χ3n) is 4.82. The zero-order valence-corrected chi connectivity index (χ0v) is 18.0. The second-order valence-electron chi connectivity index (χ2n) is 7.04. The Morgan fingerprint density at radius 2 is 2.00 bits per heavy atom. The minimum Gasteiger partial charge on any atom is -0.447 e. The van der Waals surface area contributed by atoms with Crippen LogP contribution < -0.4 is 9.64 Å². The molecule has 6 nitrogen and oxygen atoms in total. The number of aryl methyl sites for hydroxylation is 2. The van der Waals surface area contributed by atoms with Crippen molar-refractivity contribution in [1.82, 2.24) is 15.2 Å². The number of rotatable bonds is 3. The first kappa shape index (κ1) is 20.3. The topological polar surface area (TPSA) is 68.2 Å². The normalized spacial score (nSPS) is 15.1. The zero-order valence-electron chi connectivity index (χ0n) is 17.1. The highest BCUT2D eigenvalue weighted by atomic mass is 32.2. The number of hydrogen-bond acceptors (Lipinski definition) is 6. The van der Waals surface area contributed by atoms with E-state index in [1.807, 2.05) is 32.9 Å². The maximum atomic E-state index is 14.8. The molecule has 0 bridgehead atoms. The first-order valence-corrected chi connectivity index (χ1v) is 10.6. The quantitative estimate of drug-likeness (QED) is 0.560. The molecule has 0 unspecified atom stereocenters. The maximum Gasteiger partial charge on any atom is 0.247 e. The van der Waals surface area contributed by atoms with E-state index in [2.05, 4.69) is 15.2 Å². The summed E-state index contributed by atoms with van der Waals surface area (Å²) in [5.41, 5.74) is 3.83. The van der Waals surface area contributed by atoms with Gasteiger partial charge in [-0.25, -0.2) is 4.39 Å². The molecule has 2 heterocycles. The Morgan fingerprint density at radius 3 is 2.70 bits per heavy atom. The lowest BCUT2D eigenvalue weighted by Gasteiger charge is -2.31. The molecule has 0 fully saturated rings. The summed E-state index contributed by atoms with van der Waals surface area (Å²) < 4.78 is 21.0. The van der Waals surface area contributed by atoms with E-state index in [0.717, 1.165) is 16.9 Å².